The minimum absolute atomic E-state index is 0.0388. The van der Waals surface area contributed by atoms with Crippen molar-refractivity contribution >= 4 is 17.1 Å². The molecule has 9 rings (SSSR count). The maximum absolute atomic E-state index is 2.54. The first kappa shape index (κ1) is 27.4. The van der Waals surface area contributed by atoms with Crippen molar-refractivity contribution < 1.29 is 0 Å². The molecule has 1 heteroatoms. The third-order valence-corrected chi connectivity index (χ3v) is 11.3. The second kappa shape index (κ2) is 9.56. The zero-order chi connectivity index (χ0) is 31.4. The number of fused-ring (bicyclic) bond motifs is 8. The summed E-state index contributed by atoms with van der Waals surface area (Å²) in [6, 6.07) is 48.5. The molecule has 1 atom stereocenters. The van der Waals surface area contributed by atoms with E-state index in [1.54, 1.807) is 0 Å². The van der Waals surface area contributed by atoms with Crippen LogP contribution in [-0.4, -0.2) is 0 Å². The zero-order valence-corrected chi connectivity index (χ0v) is 27.4. The van der Waals surface area contributed by atoms with Crippen molar-refractivity contribution in [3.05, 3.63) is 172 Å². The first-order valence-corrected chi connectivity index (χ1v) is 16.7. The van der Waals surface area contributed by atoms with Gasteiger partial charge in [-0.1, -0.05) is 130 Å². The molecule has 46 heavy (non-hydrogen) atoms. The molecule has 0 amide bonds. The number of rotatable bonds is 2. The van der Waals surface area contributed by atoms with Crippen LogP contribution in [0.2, 0.25) is 0 Å². The van der Waals surface area contributed by atoms with Crippen LogP contribution < -0.4 is 4.90 Å². The summed E-state index contributed by atoms with van der Waals surface area (Å²) < 4.78 is 0. The molecule has 1 unspecified atom stereocenters. The van der Waals surface area contributed by atoms with Gasteiger partial charge in [-0.3, -0.25) is 0 Å². The summed E-state index contributed by atoms with van der Waals surface area (Å²) in [4.78, 5) is 2.50. The molecule has 2 aliphatic carbocycles. The normalized spacial score (nSPS) is 17.7. The van der Waals surface area contributed by atoms with Crippen molar-refractivity contribution in [1.82, 2.24) is 0 Å². The summed E-state index contributed by atoms with van der Waals surface area (Å²) in [5.41, 5.74) is 20.3. The highest BCUT2D eigenvalue weighted by Gasteiger charge is 2.39. The Kier molecular flexibility index (Phi) is 5.70. The third kappa shape index (κ3) is 3.75. The average molecular weight is 594 g/mol. The summed E-state index contributed by atoms with van der Waals surface area (Å²) in [5, 5.41) is 0. The van der Waals surface area contributed by atoms with Gasteiger partial charge in [-0.2, -0.15) is 0 Å². The van der Waals surface area contributed by atoms with E-state index in [0.717, 1.165) is 6.42 Å². The van der Waals surface area contributed by atoms with Crippen molar-refractivity contribution in [2.45, 2.75) is 57.8 Å². The van der Waals surface area contributed by atoms with Crippen LogP contribution in [0.4, 0.5) is 17.1 Å². The lowest BCUT2D eigenvalue weighted by atomic mass is 9.72. The van der Waals surface area contributed by atoms with Crippen molar-refractivity contribution in [3.8, 4) is 22.3 Å². The molecule has 0 N–H and O–H groups in total. The summed E-state index contributed by atoms with van der Waals surface area (Å²) in [5.74, 6) is 0.305. The SMILES string of the molecule is Cc1ccc(C2Cc3cc4c(cc3-c3cc(N5c6ccccc6C(C)(C)c6ccccc65)ccc32)C(C)(C)c2ccccc2-4)cc1. The maximum Gasteiger partial charge on any atom is 0.0502 e. The van der Waals surface area contributed by atoms with Crippen LogP contribution in [-0.2, 0) is 17.3 Å². The van der Waals surface area contributed by atoms with Gasteiger partial charge in [0.15, 0.2) is 0 Å². The molecule has 0 radical (unpaired) electrons. The highest BCUT2D eigenvalue weighted by Crippen LogP contribution is 2.55. The van der Waals surface area contributed by atoms with Gasteiger partial charge in [0.2, 0.25) is 0 Å². The molecule has 6 aromatic rings. The van der Waals surface area contributed by atoms with E-state index in [4.69, 9.17) is 0 Å². The lowest BCUT2D eigenvalue weighted by molar-refractivity contribution is 0.632. The van der Waals surface area contributed by atoms with Gasteiger partial charge in [0.05, 0.1) is 11.4 Å². The first-order chi connectivity index (χ1) is 22.2. The van der Waals surface area contributed by atoms with Crippen LogP contribution >= 0.6 is 0 Å². The van der Waals surface area contributed by atoms with E-state index in [1.165, 1.54) is 83.8 Å². The van der Waals surface area contributed by atoms with E-state index in [0.29, 0.717) is 5.92 Å². The molecule has 0 fully saturated rings. The summed E-state index contributed by atoms with van der Waals surface area (Å²) >= 11 is 0. The number of anilines is 3. The standard InChI is InChI=1S/C45H39N/c1-28-18-20-29(21-19-28)34-24-30-25-37-33-12-6-7-13-38(33)44(2,3)41(37)27-35(30)36-26-31(22-23-32(34)36)46-42-16-10-8-14-39(42)45(4,5)40-15-9-11-17-43(40)46/h6-23,25-27,34H,24H2,1-5H3. The fourth-order valence-electron chi connectivity index (χ4n) is 8.81. The van der Waals surface area contributed by atoms with Crippen molar-refractivity contribution in [3.63, 3.8) is 0 Å². The molecule has 224 valence electrons. The van der Waals surface area contributed by atoms with E-state index in [-0.39, 0.29) is 10.8 Å². The van der Waals surface area contributed by atoms with Gasteiger partial charge in [0.25, 0.3) is 0 Å². The van der Waals surface area contributed by atoms with Crippen LogP contribution in [0.1, 0.15) is 78.1 Å². The number of benzene rings is 6. The van der Waals surface area contributed by atoms with E-state index in [9.17, 15) is 0 Å². The van der Waals surface area contributed by atoms with Crippen molar-refractivity contribution in [1.29, 1.82) is 0 Å². The van der Waals surface area contributed by atoms with Crippen LogP contribution in [0.3, 0.4) is 0 Å². The van der Waals surface area contributed by atoms with E-state index < -0.39 is 0 Å². The average Bonchev–Trinajstić information content (AvgIpc) is 3.29. The van der Waals surface area contributed by atoms with Gasteiger partial charge in [0.1, 0.15) is 0 Å². The van der Waals surface area contributed by atoms with Gasteiger partial charge in [0, 0.05) is 22.4 Å². The lowest BCUT2D eigenvalue weighted by Gasteiger charge is -2.42. The number of nitrogens with zero attached hydrogens (tertiary/aromatic N) is 1. The molecule has 3 aliphatic rings. The minimum Gasteiger partial charge on any atom is -0.310 e. The van der Waals surface area contributed by atoms with Crippen molar-refractivity contribution in [2.75, 3.05) is 4.90 Å². The Morgan fingerprint density at radius 1 is 0.522 bits per heavy atom. The Hall–Kier alpha value is -4.88. The monoisotopic (exact) mass is 593 g/mol. The molecule has 1 heterocycles. The molecule has 0 bridgehead atoms. The molecule has 0 saturated carbocycles. The Morgan fingerprint density at radius 3 is 1.83 bits per heavy atom. The predicted molar refractivity (Wildman–Crippen MR) is 193 cm³/mol. The molecule has 0 saturated heterocycles. The lowest BCUT2D eigenvalue weighted by Crippen LogP contribution is -2.30. The fraction of sp³-hybridized carbons (Fsp3) is 0.200. The molecular weight excluding hydrogens is 555 g/mol. The molecular formula is C45H39N. The van der Waals surface area contributed by atoms with Crippen molar-refractivity contribution in [2.24, 2.45) is 0 Å². The van der Waals surface area contributed by atoms with Gasteiger partial charge >= 0.3 is 0 Å². The Bertz CT molecular complexity index is 2150. The van der Waals surface area contributed by atoms with Gasteiger partial charge < -0.3 is 4.90 Å². The summed E-state index contributed by atoms with van der Waals surface area (Å²) in [6.45, 7) is 11.7. The molecule has 0 aromatic heterocycles. The second-order valence-corrected chi connectivity index (χ2v) is 14.7. The predicted octanol–water partition coefficient (Wildman–Crippen LogP) is 11.8. The Morgan fingerprint density at radius 2 is 1.13 bits per heavy atom. The van der Waals surface area contributed by atoms with E-state index >= 15 is 0 Å². The molecule has 0 spiro atoms. The zero-order valence-electron chi connectivity index (χ0n) is 27.4. The smallest absolute Gasteiger partial charge is 0.0502 e. The third-order valence-electron chi connectivity index (χ3n) is 11.3. The highest BCUT2D eigenvalue weighted by molar-refractivity contribution is 5.91. The largest absolute Gasteiger partial charge is 0.310 e. The van der Waals surface area contributed by atoms with E-state index in [2.05, 4.69) is 167 Å². The topological polar surface area (TPSA) is 3.24 Å². The van der Waals surface area contributed by atoms with Crippen LogP contribution in [0.5, 0.6) is 0 Å². The van der Waals surface area contributed by atoms with Gasteiger partial charge in [-0.15, -0.1) is 0 Å². The second-order valence-electron chi connectivity index (χ2n) is 14.7. The fourth-order valence-corrected chi connectivity index (χ4v) is 8.81. The molecule has 1 nitrogen and oxygen atoms in total. The molecule has 6 aromatic carbocycles. The Labute approximate surface area is 273 Å². The van der Waals surface area contributed by atoms with Crippen LogP contribution in [0.25, 0.3) is 22.3 Å². The molecule has 1 aliphatic heterocycles. The Balaban J connectivity index is 1.29. The van der Waals surface area contributed by atoms with Gasteiger partial charge in [-0.05, 0) is 105 Å². The summed E-state index contributed by atoms with van der Waals surface area (Å²) in [6.07, 6.45) is 1.00. The van der Waals surface area contributed by atoms with E-state index in [1.807, 2.05) is 0 Å². The number of aryl methyl sites for hydroxylation is 1. The van der Waals surface area contributed by atoms with Gasteiger partial charge in [-0.25, -0.2) is 0 Å². The number of hydrogen-bond acceptors (Lipinski definition) is 1. The number of hydrogen-bond donors (Lipinski definition) is 0. The number of para-hydroxylation sites is 2. The first-order valence-electron chi connectivity index (χ1n) is 16.7. The summed E-state index contributed by atoms with van der Waals surface area (Å²) in [7, 11) is 0. The minimum atomic E-state index is -0.0812. The van der Waals surface area contributed by atoms with Crippen LogP contribution in [0.15, 0.2) is 127 Å². The maximum atomic E-state index is 2.54. The van der Waals surface area contributed by atoms with Crippen LogP contribution in [0, 0.1) is 6.92 Å². The highest BCUT2D eigenvalue weighted by atomic mass is 15.2. The quantitative estimate of drug-likeness (QED) is 0.193.